The molecule has 2 N–H and O–H groups in total. The van der Waals surface area contributed by atoms with Crippen molar-refractivity contribution in [3.05, 3.63) is 52.7 Å². The lowest BCUT2D eigenvalue weighted by molar-refractivity contribution is -0.109. The zero-order chi connectivity index (χ0) is 17.0. The van der Waals surface area contributed by atoms with E-state index < -0.39 is 22.5 Å². The molecule has 0 spiro atoms. The second-order valence-electron chi connectivity index (χ2n) is 4.84. The topological polar surface area (TPSA) is 96.4 Å². The van der Waals surface area contributed by atoms with E-state index in [0.717, 1.165) is 0 Å². The SMILES string of the molecule is Cc1c(Cl)cccc1S(=O)(=O)Nc1cccc(C(C=O)CO)n1. The highest BCUT2D eigenvalue weighted by molar-refractivity contribution is 7.92. The maximum absolute atomic E-state index is 12.5. The molecule has 0 aliphatic rings. The molecule has 0 amide bonds. The molecule has 1 heterocycles. The standard InChI is InChI=1S/C15H15ClN2O4S/c1-10-12(16)4-2-6-14(10)23(21,22)18-15-7-3-5-13(17-15)11(8-19)9-20/h2-8,11,20H,9H2,1H3,(H,17,18). The van der Waals surface area contributed by atoms with Gasteiger partial charge in [-0.3, -0.25) is 4.72 Å². The molecular formula is C15H15ClN2O4S. The molecule has 0 saturated heterocycles. The number of halogens is 1. The van der Waals surface area contributed by atoms with Gasteiger partial charge >= 0.3 is 0 Å². The fraction of sp³-hybridized carbons (Fsp3) is 0.200. The number of aromatic nitrogens is 1. The molecule has 0 bridgehead atoms. The van der Waals surface area contributed by atoms with E-state index in [1.54, 1.807) is 25.1 Å². The minimum Gasteiger partial charge on any atom is -0.395 e. The first-order valence-corrected chi connectivity index (χ1v) is 8.56. The van der Waals surface area contributed by atoms with Crippen molar-refractivity contribution in [3.8, 4) is 0 Å². The molecule has 0 fully saturated rings. The number of anilines is 1. The van der Waals surface area contributed by atoms with Gasteiger partial charge in [0.15, 0.2) is 0 Å². The molecule has 0 aliphatic heterocycles. The molecule has 6 nitrogen and oxygen atoms in total. The van der Waals surface area contributed by atoms with E-state index in [2.05, 4.69) is 9.71 Å². The molecule has 122 valence electrons. The van der Waals surface area contributed by atoms with Crippen molar-refractivity contribution in [2.24, 2.45) is 0 Å². The maximum atomic E-state index is 12.5. The van der Waals surface area contributed by atoms with Crippen LogP contribution in [0.25, 0.3) is 0 Å². The zero-order valence-electron chi connectivity index (χ0n) is 12.2. The lowest BCUT2D eigenvalue weighted by Gasteiger charge is -2.12. The number of rotatable bonds is 6. The normalized spacial score (nSPS) is 12.7. The van der Waals surface area contributed by atoms with Crippen LogP contribution >= 0.6 is 11.6 Å². The number of carbonyl (C=O) groups is 1. The monoisotopic (exact) mass is 354 g/mol. The van der Waals surface area contributed by atoms with Crippen molar-refractivity contribution >= 4 is 33.7 Å². The number of aliphatic hydroxyl groups excluding tert-OH is 1. The van der Waals surface area contributed by atoms with E-state index in [-0.39, 0.29) is 16.4 Å². The van der Waals surface area contributed by atoms with Crippen LogP contribution in [0.2, 0.25) is 5.02 Å². The minimum atomic E-state index is -3.87. The van der Waals surface area contributed by atoms with Crippen molar-refractivity contribution in [3.63, 3.8) is 0 Å². The van der Waals surface area contributed by atoms with E-state index in [9.17, 15) is 13.2 Å². The highest BCUT2D eigenvalue weighted by atomic mass is 35.5. The van der Waals surface area contributed by atoms with Gasteiger partial charge in [0, 0.05) is 5.02 Å². The van der Waals surface area contributed by atoms with E-state index in [0.29, 0.717) is 16.9 Å². The van der Waals surface area contributed by atoms with Gasteiger partial charge in [0.05, 0.1) is 23.1 Å². The maximum Gasteiger partial charge on any atom is 0.263 e. The van der Waals surface area contributed by atoms with Crippen LogP contribution < -0.4 is 4.72 Å². The summed E-state index contributed by atoms with van der Waals surface area (Å²) in [6, 6.07) is 9.14. The summed E-state index contributed by atoms with van der Waals surface area (Å²) >= 11 is 5.95. The van der Waals surface area contributed by atoms with Crippen molar-refractivity contribution in [1.29, 1.82) is 0 Å². The molecule has 2 rings (SSSR count). The Hall–Kier alpha value is -1.96. The molecule has 1 aromatic carbocycles. The number of benzene rings is 1. The van der Waals surface area contributed by atoms with Crippen LogP contribution in [0.5, 0.6) is 0 Å². The second kappa shape index (κ2) is 7.08. The molecule has 0 aliphatic carbocycles. The van der Waals surface area contributed by atoms with E-state index >= 15 is 0 Å². The van der Waals surface area contributed by atoms with Crippen LogP contribution in [-0.2, 0) is 14.8 Å². The van der Waals surface area contributed by atoms with Crippen molar-refractivity contribution in [1.82, 2.24) is 4.98 Å². The number of nitrogens with one attached hydrogen (secondary N) is 1. The van der Waals surface area contributed by atoms with Gasteiger partial charge in [0.25, 0.3) is 10.0 Å². The Morgan fingerprint density at radius 2 is 2.00 bits per heavy atom. The average molecular weight is 355 g/mol. The fourth-order valence-corrected chi connectivity index (χ4v) is 3.49. The number of sulfonamides is 1. The van der Waals surface area contributed by atoms with E-state index in [1.165, 1.54) is 18.2 Å². The molecule has 1 atom stereocenters. The molecule has 0 saturated carbocycles. The fourth-order valence-electron chi connectivity index (χ4n) is 1.99. The number of hydrogen-bond donors (Lipinski definition) is 2. The van der Waals surface area contributed by atoms with Crippen molar-refractivity contribution < 1.29 is 18.3 Å². The van der Waals surface area contributed by atoms with Crippen molar-refractivity contribution in [2.45, 2.75) is 17.7 Å². The summed E-state index contributed by atoms with van der Waals surface area (Å²) in [5.41, 5.74) is 0.712. The Kier molecular flexibility index (Phi) is 5.35. The Morgan fingerprint density at radius 1 is 1.30 bits per heavy atom. The van der Waals surface area contributed by atoms with Gasteiger partial charge in [-0.05, 0) is 36.8 Å². The Morgan fingerprint density at radius 3 is 2.65 bits per heavy atom. The third-order valence-corrected chi connectivity index (χ3v) is 5.17. The first-order valence-electron chi connectivity index (χ1n) is 6.70. The van der Waals surface area contributed by atoms with Crippen LogP contribution in [0, 0.1) is 6.92 Å². The Balaban J connectivity index is 2.36. The summed E-state index contributed by atoms with van der Waals surface area (Å²) < 4.78 is 27.3. The number of aliphatic hydroxyl groups is 1. The van der Waals surface area contributed by atoms with Gasteiger partial charge < -0.3 is 9.90 Å². The smallest absolute Gasteiger partial charge is 0.263 e. The minimum absolute atomic E-state index is 0.0475. The van der Waals surface area contributed by atoms with Gasteiger partial charge in [-0.1, -0.05) is 23.7 Å². The summed E-state index contributed by atoms with van der Waals surface area (Å²) in [4.78, 5) is 15.0. The number of carbonyl (C=O) groups excluding carboxylic acids is 1. The van der Waals surface area contributed by atoms with Crippen LogP contribution in [0.1, 0.15) is 17.2 Å². The Bertz CT molecular complexity index is 824. The summed E-state index contributed by atoms with van der Waals surface area (Å²) in [6.45, 7) is 1.20. The molecule has 2 aromatic rings. The first kappa shape index (κ1) is 17.4. The highest BCUT2D eigenvalue weighted by Crippen LogP contribution is 2.24. The number of aldehydes is 1. The molecule has 1 unspecified atom stereocenters. The van der Waals surface area contributed by atoms with Gasteiger partial charge in [0.1, 0.15) is 12.1 Å². The summed E-state index contributed by atoms with van der Waals surface area (Å²) in [5.74, 6) is -0.741. The van der Waals surface area contributed by atoms with Gasteiger partial charge in [-0.25, -0.2) is 13.4 Å². The first-order chi connectivity index (χ1) is 10.9. The summed E-state index contributed by atoms with van der Waals surface area (Å²) in [7, 11) is -3.87. The van der Waals surface area contributed by atoms with E-state index in [4.69, 9.17) is 16.7 Å². The quantitative estimate of drug-likeness (QED) is 0.774. The Labute approximate surface area is 139 Å². The van der Waals surface area contributed by atoms with E-state index in [1.807, 2.05) is 0 Å². The van der Waals surface area contributed by atoms with Gasteiger partial charge in [0.2, 0.25) is 0 Å². The van der Waals surface area contributed by atoms with Gasteiger partial charge in [-0.15, -0.1) is 0 Å². The predicted molar refractivity (Wildman–Crippen MR) is 87.1 cm³/mol. The van der Waals surface area contributed by atoms with Crippen LogP contribution in [0.3, 0.4) is 0 Å². The third-order valence-electron chi connectivity index (χ3n) is 3.26. The second-order valence-corrected chi connectivity index (χ2v) is 6.90. The average Bonchev–Trinajstić information content (AvgIpc) is 2.51. The van der Waals surface area contributed by atoms with Gasteiger partial charge in [-0.2, -0.15) is 0 Å². The van der Waals surface area contributed by atoms with Crippen LogP contribution in [0.4, 0.5) is 5.82 Å². The molecular weight excluding hydrogens is 340 g/mol. The lowest BCUT2D eigenvalue weighted by atomic mass is 10.1. The highest BCUT2D eigenvalue weighted by Gasteiger charge is 2.19. The third kappa shape index (κ3) is 3.87. The predicted octanol–water partition coefficient (Wildman–Crippen LogP) is 2.12. The molecule has 8 heteroatoms. The van der Waals surface area contributed by atoms with Crippen LogP contribution in [0.15, 0.2) is 41.3 Å². The molecule has 23 heavy (non-hydrogen) atoms. The summed E-state index contributed by atoms with van der Waals surface area (Å²) in [5, 5.41) is 9.47. The largest absolute Gasteiger partial charge is 0.395 e. The molecule has 1 aromatic heterocycles. The lowest BCUT2D eigenvalue weighted by Crippen LogP contribution is -2.16. The zero-order valence-corrected chi connectivity index (χ0v) is 13.8. The summed E-state index contributed by atoms with van der Waals surface area (Å²) in [6.07, 6.45) is 0.557. The van der Waals surface area contributed by atoms with Crippen molar-refractivity contribution in [2.75, 3.05) is 11.3 Å². The molecule has 0 radical (unpaired) electrons. The van der Waals surface area contributed by atoms with Crippen LogP contribution in [-0.4, -0.2) is 31.4 Å². The number of hydrogen-bond acceptors (Lipinski definition) is 5. The number of nitrogens with zero attached hydrogens (tertiary/aromatic N) is 1. The number of pyridine rings is 1.